The Morgan fingerprint density at radius 3 is 2.16 bits per heavy atom. The zero-order chi connectivity index (χ0) is 18.7. The van der Waals surface area contributed by atoms with Gasteiger partial charge >= 0.3 is 5.97 Å². The second kappa shape index (κ2) is 11.1. The normalized spacial score (nSPS) is 11.4. The molecule has 0 fully saturated rings. The van der Waals surface area contributed by atoms with Crippen molar-refractivity contribution in [1.82, 2.24) is 0 Å². The SMILES string of the molecule is CCCCC/C=C/C=C(\C(=O)OC)C(=O)c1cc(OC)cc(OC)c1. The second-order valence-corrected chi connectivity index (χ2v) is 5.43. The summed E-state index contributed by atoms with van der Waals surface area (Å²) in [5.74, 6) is -0.170. The number of ether oxygens (including phenoxy) is 3. The Kier molecular flexibility index (Phi) is 9.07. The van der Waals surface area contributed by atoms with E-state index in [1.807, 2.05) is 6.08 Å². The van der Waals surface area contributed by atoms with Gasteiger partial charge in [-0.1, -0.05) is 31.9 Å². The van der Waals surface area contributed by atoms with E-state index in [1.54, 1.807) is 24.3 Å². The number of unbranched alkanes of at least 4 members (excludes halogenated alkanes) is 3. The molecule has 0 saturated heterocycles. The maximum absolute atomic E-state index is 12.7. The lowest BCUT2D eigenvalue weighted by Crippen LogP contribution is -2.15. The summed E-state index contributed by atoms with van der Waals surface area (Å²) in [7, 11) is 4.25. The highest BCUT2D eigenvalue weighted by Gasteiger charge is 2.21. The molecule has 0 aliphatic carbocycles. The first-order valence-electron chi connectivity index (χ1n) is 8.30. The summed E-state index contributed by atoms with van der Waals surface area (Å²) in [6, 6.07) is 4.78. The van der Waals surface area contributed by atoms with Gasteiger partial charge in [-0.15, -0.1) is 0 Å². The van der Waals surface area contributed by atoms with Crippen LogP contribution >= 0.6 is 0 Å². The first-order chi connectivity index (χ1) is 12.1. The van der Waals surface area contributed by atoms with E-state index in [9.17, 15) is 9.59 Å². The van der Waals surface area contributed by atoms with E-state index in [4.69, 9.17) is 14.2 Å². The van der Waals surface area contributed by atoms with Crippen LogP contribution in [0, 0.1) is 0 Å². The average molecular weight is 346 g/mol. The van der Waals surface area contributed by atoms with Crippen molar-refractivity contribution in [2.75, 3.05) is 21.3 Å². The fourth-order valence-electron chi connectivity index (χ4n) is 2.21. The Labute approximate surface area is 149 Å². The molecule has 0 amide bonds. The van der Waals surface area contributed by atoms with Gasteiger partial charge < -0.3 is 14.2 Å². The molecule has 0 unspecified atom stereocenters. The van der Waals surface area contributed by atoms with Gasteiger partial charge in [0.1, 0.15) is 17.1 Å². The summed E-state index contributed by atoms with van der Waals surface area (Å²) >= 11 is 0. The van der Waals surface area contributed by atoms with Crippen molar-refractivity contribution < 1.29 is 23.8 Å². The van der Waals surface area contributed by atoms with E-state index in [0.29, 0.717) is 17.1 Å². The molecule has 5 heteroatoms. The highest BCUT2D eigenvalue weighted by molar-refractivity contribution is 6.24. The molecule has 0 aromatic heterocycles. The zero-order valence-corrected chi connectivity index (χ0v) is 15.3. The van der Waals surface area contributed by atoms with Gasteiger partial charge in [-0.3, -0.25) is 4.79 Å². The van der Waals surface area contributed by atoms with Gasteiger partial charge in [0.15, 0.2) is 0 Å². The van der Waals surface area contributed by atoms with E-state index in [0.717, 1.165) is 25.7 Å². The van der Waals surface area contributed by atoms with Gasteiger partial charge in [0, 0.05) is 11.6 Å². The molecule has 25 heavy (non-hydrogen) atoms. The molecule has 136 valence electrons. The molecule has 0 atom stereocenters. The predicted octanol–water partition coefficient (Wildman–Crippen LogP) is 4.12. The molecule has 0 bridgehead atoms. The van der Waals surface area contributed by atoms with Gasteiger partial charge in [-0.25, -0.2) is 4.79 Å². The number of rotatable bonds is 10. The number of hydrogen-bond acceptors (Lipinski definition) is 5. The topological polar surface area (TPSA) is 61.8 Å². The van der Waals surface area contributed by atoms with Crippen LogP contribution in [0.1, 0.15) is 43.0 Å². The molecule has 0 heterocycles. The summed E-state index contributed by atoms with van der Waals surface area (Å²) in [5.41, 5.74) is 0.261. The fourth-order valence-corrected chi connectivity index (χ4v) is 2.21. The molecule has 1 aromatic carbocycles. The van der Waals surface area contributed by atoms with Crippen LogP contribution < -0.4 is 9.47 Å². The fraction of sp³-hybridized carbons (Fsp3) is 0.400. The minimum absolute atomic E-state index is 0.0375. The number of ketones is 1. The Balaban J connectivity index is 3.06. The van der Waals surface area contributed by atoms with Gasteiger partial charge in [-0.2, -0.15) is 0 Å². The van der Waals surface area contributed by atoms with Crippen LogP contribution in [-0.2, 0) is 9.53 Å². The van der Waals surface area contributed by atoms with Crippen molar-refractivity contribution in [3.63, 3.8) is 0 Å². The third-order valence-electron chi connectivity index (χ3n) is 3.64. The maximum Gasteiger partial charge on any atom is 0.341 e. The van der Waals surface area contributed by atoms with Gasteiger partial charge in [0.2, 0.25) is 5.78 Å². The molecular formula is C20H26O5. The van der Waals surface area contributed by atoms with Crippen LogP contribution in [0.5, 0.6) is 11.5 Å². The highest BCUT2D eigenvalue weighted by atomic mass is 16.5. The van der Waals surface area contributed by atoms with Gasteiger partial charge in [0.25, 0.3) is 0 Å². The van der Waals surface area contributed by atoms with Crippen LogP contribution in [0.25, 0.3) is 0 Å². The summed E-state index contributed by atoms with van der Waals surface area (Å²) in [5, 5.41) is 0. The molecule has 0 saturated carbocycles. The third kappa shape index (κ3) is 6.45. The van der Waals surface area contributed by atoms with E-state index in [2.05, 4.69) is 6.92 Å². The highest BCUT2D eigenvalue weighted by Crippen LogP contribution is 2.24. The van der Waals surface area contributed by atoms with E-state index >= 15 is 0 Å². The van der Waals surface area contributed by atoms with Crippen LogP contribution in [0.15, 0.2) is 42.0 Å². The Hall–Kier alpha value is -2.56. The molecule has 0 aliphatic heterocycles. The smallest absolute Gasteiger partial charge is 0.341 e. The minimum Gasteiger partial charge on any atom is -0.497 e. The molecule has 0 N–H and O–H groups in total. The molecule has 1 rings (SSSR count). The predicted molar refractivity (Wildman–Crippen MR) is 97.3 cm³/mol. The van der Waals surface area contributed by atoms with Crippen LogP contribution in [-0.4, -0.2) is 33.1 Å². The third-order valence-corrected chi connectivity index (χ3v) is 3.64. The average Bonchev–Trinajstić information content (AvgIpc) is 2.65. The lowest BCUT2D eigenvalue weighted by molar-refractivity contribution is -0.135. The van der Waals surface area contributed by atoms with Crippen molar-refractivity contribution in [3.05, 3.63) is 47.6 Å². The van der Waals surface area contributed by atoms with E-state index in [1.165, 1.54) is 27.4 Å². The number of benzene rings is 1. The lowest BCUT2D eigenvalue weighted by Gasteiger charge is -2.09. The standard InChI is InChI=1S/C20H26O5/c1-5-6-7-8-9-10-11-18(20(22)25-4)19(21)15-12-16(23-2)14-17(13-15)24-3/h9-14H,5-8H2,1-4H3/b10-9+,18-11-. The van der Waals surface area contributed by atoms with E-state index < -0.39 is 11.8 Å². The Morgan fingerprint density at radius 1 is 1.00 bits per heavy atom. The largest absolute Gasteiger partial charge is 0.497 e. The summed E-state index contributed by atoms with van der Waals surface area (Å²) in [6.07, 6.45) is 9.43. The van der Waals surface area contributed by atoms with Crippen molar-refractivity contribution in [2.45, 2.75) is 32.6 Å². The second-order valence-electron chi connectivity index (χ2n) is 5.43. The maximum atomic E-state index is 12.7. The molecule has 1 aromatic rings. The van der Waals surface area contributed by atoms with Crippen molar-refractivity contribution in [2.24, 2.45) is 0 Å². The molecule has 0 radical (unpaired) electrons. The number of methoxy groups -OCH3 is 3. The zero-order valence-electron chi connectivity index (χ0n) is 15.3. The van der Waals surface area contributed by atoms with Crippen LogP contribution in [0.3, 0.4) is 0 Å². The van der Waals surface area contributed by atoms with Crippen molar-refractivity contribution >= 4 is 11.8 Å². The number of allylic oxidation sites excluding steroid dienone is 3. The monoisotopic (exact) mass is 346 g/mol. The summed E-state index contributed by atoms with van der Waals surface area (Å²) in [6.45, 7) is 2.14. The molecule has 0 aliphatic rings. The summed E-state index contributed by atoms with van der Waals surface area (Å²) < 4.78 is 15.1. The molecule has 0 spiro atoms. The van der Waals surface area contributed by atoms with Crippen LogP contribution in [0.2, 0.25) is 0 Å². The van der Waals surface area contributed by atoms with E-state index in [-0.39, 0.29) is 5.57 Å². The molecule has 5 nitrogen and oxygen atoms in total. The molecular weight excluding hydrogens is 320 g/mol. The van der Waals surface area contributed by atoms with Crippen molar-refractivity contribution in [3.8, 4) is 11.5 Å². The van der Waals surface area contributed by atoms with Crippen molar-refractivity contribution in [1.29, 1.82) is 0 Å². The Bertz CT molecular complexity index is 621. The number of hydrogen-bond donors (Lipinski definition) is 0. The van der Waals surface area contributed by atoms with Gasteiger partial charge in [0.05, 0.1) is 21.3 Å². The quantitative estimate of drug-likeness (QED) is 0.121. The minimum atomic E-state index is -0.676. The number of carbonyl (C=O) groups excluding carboxylic acids is 2. The lowest BCUT2D eigenvalue weighted by atomic mass is 10.0. The Morgan fingerprint density at radius 2 is 1.64 bits per heavy atom. The number of Topliss-reactive ketones (excluding diaryl/α,β-unsaturated/α-hetero) is 1. The first-order valence-corrected chi connectivity index (χ1v) is 8.30. The summed E-state index contributed by atoms with van der Waals surface area (Å²) in [4.78, 5) is 24.7. The first kappa shape index (κ1) is 20.5. The van der Waals surface area contributed by atoms with Crippen LogP contribution in [0.4, 0.5) is 0 Å². The number of esters is 1. The number of carbonyl (C=O) groups is 2. The van der Waals surface area contributed by atoms with Gasteiger partial charge in [-0.05, 0) is 31.1 Å².